The van der Waals surface area contributed by atoms with Gasteiger partial charge in [0.05, 0.1) is 30.1 Å². The molecule has 0 saturated carbocycles. The second-order valence-corrected chi connectivity index (χ2v) is 8.37. The molecule has 0 N–H and O–H groups in total. The van der Waals surface area contributed by atoms with Crippen molar-refractivity contribution in [1.29, 1.82) is 5.26 Å². The maximum atomic E-state index is 11.7. The van der Waals surface area contributed by atoms with E-state index in [4.69, 9.17) is 11.2 Å². The Hall–Kier alpha value is -4.04. The first-order valence-corrected chi connectivity index (χ1v) is 11.6. The van der Waals surface area contributed by atoms with Gasteiger partial charge in [-0.3, -0.25) is 4.79 Å². The molecule has 0 radical (unpaired) electrons. The Kier molecular flexibility index (Phi) is 6.98. The predicted octanol–water partition coefficient (Wildman–Crippen LogP) is 3.36. The van der Waals surface area contributed by atoms with Crippen LogP contribution in [0.5, 0.6) is 5.75 Å². The average molecular weight is 457 g/mol. The van der Waals surface area contributed by atoms with E-state index in [1.165, 1.54) is 0 Å². The Labute approximate surface area is 199 Å². The highest BCUT2D eigenvalue weighted by atomic mass is 16.5. The molecule has 0 spiro atoms. The van der Waals surface area contributed by atoms with Crippen LogP contribution in [0.1, 0.15) is 32.3 Å². The number of carbonyl (C=O) groups is 1. The third kappa shape index (κ3) is 4.67. The lowest BCUT2D eigenvalue weighted by Crippen LogP contribution is -2.48. The van der Waals surface area contributed by atoms with Crippen molar-refractivity contribution in [2.75, 3.05) is 37.7 Å². The monoisotopic (exact) mass is 456 g/mol. The molecule has 174 valence electrons. The summed E-state index contributed by atoms with van der Waals surface area (Å²) in [5.74, 6) is 3.94. The highest BCUT2D eigenvalue weighted by molar-refractivity contribution is 5.93. The number of aromatic nitrogens is 3. The highest BCUT2D eigenvalue weighted by Gasteiger charge is 2.21. The topological polar surface area (TPSA) is 86.8 Å². The van der Waals surface area contributed by atoms with E-state index in [-0.39, 0.29) is 5.91 Å². The van der Waals surface area contributed by atoms with Crippen molar-refractivity contribution in [3.63, 3.8) is 0 Å². The van der Waals surface area contributed by atoms with E-state index in [1.54, 1.807) is 15.6 Å². The second-order valence-electron chi connectivity index (χ2n) is 8.37. The van der Waals surface area contributed by atoms with Crippen molar-refractivity contribution in [2.45, 2.75) is 26.7 Å². The van der Waals surface area contributed by atoms with Gasteiger partial charge in [-0.05, 0) is 30.0 Å². The molecule has 8 nitrogen and oxygen atoms in total. The first-order valence-electron chi connectivity index (χ1n) is 11.6. The van der Waals surface area contributed by atoms with Gasteiger partial charge < -0.3 is 14.5 Å². The number of fused-ring (bicyclic) bond motifs is 1. The molecule has 0 unspecified atom stereocenters. The quantitative estimate of drug-likeness (QED) is 0.507. The minimum absolute atomic E-state index is 0.271. The van der Waals surface area contributed by atoms with Gasteiger partial charge in [-0.15, -0.1) is 6.42 Å². The fourth-order valence-corrected chi connectivity index (χ4v) is 4.18. The van der Waals surface area contributed by atoms with E-state index >= 15 is 0 Å². The molecule has 1 fully saturated rings. The first-order chi connectivity index (χ1) is 16.6. The fourth-order valence-electron chi connectivity index (χ4n) is 4.18. The molecule has 1 aliphatic rings. The summed E-state index contributed by atoms with van der Waals surface area (Å²) in [5, 5.41) is 14.0. The number of nitrogens with zero attached hydrogens (tertiary/aromatic N) is 6. The van der Waals surface area contributed by atoms with Gasteiger partial charge in [0.15, 0.2) is 0 Å². The largest absolute Gasteiger partial charge is 0.492 e. The predicted molar refractivity (Wildman–Crippen MR) is 130 cm³/mol. The lowest BCUT2D eigenvalue weighted by molar-refractivity contribution is -0.125. The zero-order valence-corrected chi connectivity index (χ0v) is 19.6. The van der Waals surface area contributed by atoms with Gasteiger partial charge in [-0.2, -0.15) is 10.4 Å². The Morgan fingerprint density at radius 1 is 1.21 bits per heavy atom. The summed E-state index contributed by atoms with van der Waals surface area (Å²) in [7, 11) is 0. The van der Waals surface area contributed by atoms with Gasteiger partial charge in [0.25, 0.3) is 5.91 Å². The van der Waals surface area contributed by atoms with Gasteiger partial charge in [0.2, 0.25) is 0 Å². The average Bonchev–Trinajstić information content (AvgIpc) is 3.31. The number of nitriles is 1. The van der Waals surface area contributed by atoms with E-state index in [0.717, 1.165) is 35.3 Å². The molecule has 4 rings (SSSR count). The van der Waals surface area contributed by atoms with Crippen LogP contribution in [-0.4, -0.2) is 58.2 Å². The molecule has 8 heteroatoms. The molecule has 34 heavy (non-hydrogen) atoms. The van der Waals surface area contributed by atoms with Gasteiger partial charge >= 0.3 is 0 Å². The molecule has 3 aromatic rings. The number of piperazine rings is 1. The summed E-state index contributed by atoms with van der Waals surface area (Å²) in [4.78, 5) is 20.2. The third-order valence-electron chi connectivity index (χ3n) is 6.42. The van der Waals surface area contributed by atoms with Crippen molar-refractivity contribution >= 4 is 17.2 Å². The molecular weight excluding hydrogens is 428 g/mol. The molecule has 1 amide bonds. The van der Waals surface area contributed by atoms with E-state index in [0.29, 0.717) is 50.0 Å². The van der Waals surface area contributed by atoms with Crippen LogP contribution in [0.3, 0.4) is 0 Å². The van der Waals surface area contributed by atoms with Crippen molar-refractivity contribution in [2.24, 2.45) is 5.92 Å². The van der Waals surface area contributed by atoms with Crippen LogP contribution in [0.4, 0.5) is 5.82 Å². The fraction of sp³-hybridized carbons (Fsp3) is 0.385. The maximum absolute atomic E-state index is 11.7. The zero-order valence-electron chi connectivity index (χ0n) is 19.6. The lowest BCUT2D eigenvalue weighted by Gasteiger charge is -2.34. The molecule has 1 saturated heterocycles. The molecule has 0 aromatic carbocycles. The minimum Gasteiger partial charge on any atom is -0.492 e. The number of hydrogen-bond donors (Lipinski definition) is 0. The van der Waals surface area contributed by atoms with Gasteiger partial charge in [-0.1, -0.05) is 26.7 Å². The standard InChI is InChI=1S/C26H28N6O2/c1-4-19(5-2)18-34-22-13-23(26-21(14-27)16-29-32(26)17-22)20-7-8-24(28-15-20)30-9-11-31(12-10-30)25(33)6-3/h3,7-8,13,15-17,19H,4-5,9-12,18H2,1-2H3. The number of rotatable bonds is 7. The van der Waals surface area contributed by atoms with Crippen molar-refractivity contribution < 1.29 is 9.53 Å². The molecule has 4 heterocycles. The number of anilines is 1. The van der Waals surface area contributed by atoms with E-state index in [9.17, 15) is 10.1 Å². The summed E-state index contributed by atoms with van der Waals surface area (Å²) in [6.45, 7) is 7.46. The van der Waals surface area contributed by atoms with Gasteiger partial charge in [0.1, 0.15) is 17.6 Å². The molecule has 0 aliphatic carbocycles. The SMILES string of the molecule is C#CC(=O)N1CCN(c2ccc(-c3cc(OCC(CC)CC)cn4ncc(C#N)c34)cn2)CC1. The van der Waals surface area contributed by atoms with Crippen LogP contribution in [0.2, 0.25) is 0 Å². The summed E-state index contributed by atoms with van der Waals surface area (Å²) >= 11 is 0. The lowest BCUT2D eigenvalue weighted by atomic mass is 10.0. The molecule has 1 aliphatic heterocycles. The van der Waals surface area contributed by atoms with Crippen molar-refractivity contribution in [1.82, 2.24) is 19.5 Å². The van der Waals surface area contributed by atoms with Crippen LogP contribution in [0.25, 0.3) is 16.6 Å². The van der Waals surface area contributed by atoms with Crippen molar-refractivity contribution in [3.05, 3.63) is 42.4 Å². The number of hydrogen-bond acceptors (Lipinski definition) is 6. The normalized spacial score (nSPS) is 13.7. The number of amides is 1. The highest BCUT2D eigenvalue weighted by Crippen LogP contribution is 2.31. The Morgan fingerprint density at radius 3 is 2.59 bits per heavy atom. The van der Waals surface area contributed by atoms with Crippen LogP contribution in [0, 0.1) is 29.6 Å². The summed E-state index contributed by atoms with van der Waals surface area (Å²) in [6, 6.07) is 8.15. The summed E-state index contributed by atoms with van der Waals surface area (Å²) in [5.41, 5.74) is 2.95. The van der Waals surface area contributed by atoms with Crippen LogP contribution >= 0.6 is 0 Å². The molecule has 0 atom stereocenters. The number of carbonyl (C=O) groups excluding carboxylic acids is 1. The van der Waals surface area contributed by atoms with E-state index in [2.05, 4.69) is 40.8 Å². The molecule has 3 aromatic heterocycles. The molecule has 0 bridgehead atoms. The van der Waals surface area contributed by atoms with Crippen LogP contribution in [-0.2, 0) is 4.79 Å². The Morgan fingerprint density at radius 2 is 1.97 bits per heavy atom. The Bertz CT molecular complexity index is 1240. The van der Waals surface area contributed by atoms with E-state index in [1.807, 2.05) is 30.6 Å². The number of pyridine rings is 2. The maximum Gasteiger partial charge on any atom is 0.298 e. The van der Waals surface area contributed by atoms with Crippen molar-refractivity contribution in [3.8, 4) is 35.3 Å². The van der Waals surface area contributed by atoms with Gasteiger partial charge in [0, 0.05) is 43.5 Å². The first kappa shape index (κ1) is 23.1. The van der Waals surface area contributed by atoms with E-state index < -0.39 is 0 Å². The molecular formula is C26H28N6O2. The third-order valence-corrected chi connectivity index (χ3v) is 6.42. The number of terminal acetylenes is 1. The van der Waals surface area contributed by atoms with Crippen LogP contribution in [0.15, 0.2) is 36.8 Å². The number of ether oxygens (including phenoxy) is 1. The second kappa shape index (κ2) is 10.3. The van der Waals surface area contributed by atoms with Crippen LogP contribution < -0.4 is 9.64 Å². The van der Waals surface area contributed by atoms with Gasteiger partial charge in [-0.25, -0.2) is 9.50 Å². The smallest absolute Gasteiger partial charge is 0.298 e. The minimum atomic E-state index is -0.271. The zero-order chi connectivity index (χ0) is 24.1. The summed E-state index contributed by atoms with van der Waals surface area (Å²) < 4.78 is 7.80. The Balaban J connectivity index is 1.60. The summed E-state index contributed by atoms with van der Waals surface area (Å²) in [6.07, 6.45) is 12.5.